The lowest BCUT2D eigenvalue weighted by Gasteiger charge is -2.14. The first-order chi connectivity index (χ1) is 15.0. The summed E-state index contributed by atoms with van der Waals surface area (Å²) in [6.07, 6.45) is 5.55. The van der Waals surface area contributed by atoms with Crippen LogP contribution in [0.2, 0.25) is 0 Å². The van der Waals surface area contributed by atoms with Crippen molar-refractivity contribution in [2.24, 2.45) is 0 Å². The van der Waals surface area contributed by atoms with E-state index in [0.29, 0.717) is 22.3 Å². The number of cyclic esters (lactones) is 1. The number of hydrogen-bond acceptors (Lipinski definition) is 7. The summed E-state index contributed by atoms with van der Waals surface area (Å²) >= 11 is 1.44. The second-order valence-corrected chi connectivity index (χ2v) is 7.72. The standard InChI is InChI=1S/C20H19FN6O3S/c1-13(28)24-8-16-10-27(20(29)30-16)15-3-4-18(17(21)7-15)26-9-14(25-12-26)11-31-19-22-5-2-6-23-19/h2-7,9,12,16H,8,10-11H2,1H3,(H,24,28). The Balaban J connectivity index is 1.43. The second kappa shape index (κ2) is 9.13. The molecule has 0 spiro atoms. The summed E-state index contributed by atoms with van der Waals surface area (Å²) in [5.74, 6) is -0.163. The molecule has 2 aromatic heterocycles. The number of carbonyl (C=O) groups is 2. The van der Waals surface area contributed by atoms with Crippen LogP contribution in [0.4, 0.5) is 14.9 Å². The van der Waals surface area contributed by atoms with E-state index in [1.54, 1.807) is 41.4 Å². The number of imidazole rings is 1. The molecular formula is C20H19FN6O3S. The van der Waals surface area contributed by atoms with Gasteiger partial charge in [-0.1, -0.05) is 11.8 Å². The predicted molar refractivity (Wildman–Crippen MR) is 111 cm³/mol. The fourth-order valence-corrected chi connectivity index (χ4v) is 3.73. The Labute approximate surface area is 181 Å². The van der Waals surface area contributed by atoms with Gasteiger partial charge in [0.15, 0.2) is 5.16 Å². The topological polar surface area (TPSA) is 102 Å². The van der Waals surface area contributed by atoms with E-state index in [0.717, 1.165) is 5.69 Å². The van der Waals surface area contributed by atoms with Crippen LogP contribution >= 0.6 is 11.8 Å². The monoisotopic (exact) mass is 442 g/mol. The summed E-state index contributed by atoms with van der Waals surface area (Å²) in [5.41, 5.74) is 1.45. The van der Waals surface area contributed by atoms with Crippen LogP contribution in [0.1, 0.15) is 12.6 Å². The number of hydrogen-bond donors (Lipinski definition) is 1. The molecule has 1 aromatic carbocycles. The number of anilines is 1. The van der Waals surface area contributed by atoms with Crippen molar-refractivity contribution in [3.05, 3.63) is 60.7 Å². The highest BCUT2D eigenvalue weighted by Crippen LogP contribution is 2.26. The van der Waals surface area contributed by atoms with Crippen LogP contribution in [-0.4, -0.2) is 50.7 Å². The molecule has 2 amide bonds. The molecule has 1 saturated heterocycles. The lowest BCUT2D eigenvalue weighted by Crippen LogP contribution is -2.33. The van der Waals surface area contributed by atoms with Crippen LogP contribution < -0.4 is 10.2 Å². The molecule has 0 radical (unpaired) electrons. The highest BCUT2D eigenvalue weighted by Gasteiger charge is 2.32. The number of nitrogens with zero attached hydrogens (tertiary/aromatic N) is 5. The van der Waals surface area contributed by atoms with Gasteiger partial charge in [-0.25, -0.2) is 24.1 Å². The van der Waals surface area contributed by atoms with Gasteiger partial charge in [0.1, 0.15) is 11.9 Å². The van der Waals surface area contributed by atoms with Crippen LogP contribution in [0, 0.1) is 5.82 Å². The summed E-state index contributed by atoms with van der Waals surface area (Å²) in [5, 5.41) is 3.25. The van der Waals surface area contributed by atoms with Crippen molar-refractivity contribution in [1.29, 1.82) is 0 Å². The normalized spacial score (nSPS) is 15.7. The van der Waals surface area contributed by atoms with E-state index in [1.807, 2.05) is 0 Å². The van der Waals surface area contributed by atoms with Gasteiger partial charge in [-0.05, 0) is 24.3 Å². The lowest BCUT2D eigenvalue weighted by molar-refractivity contribution is -0.119. The zero-order valence-electron chi connectivity index (χ0n) is 16.6. The van der Waals surface area contributed by atoms with Crippen molar-refractivity contribution in [3.63, 3.8) is 0 Å². The van der Waals surface area contributed by atoms with Gasteiger partial charge in [-0.3, -0.25) is 9.69 Å². The maximum absolute atomic E-state index is 14.8. The Morgan fingerprint density at radius 3 is 2.87 bits per heavy atom. The molecule has 3 heterocycles. The van der Waals surface area contributed by atoms with Gasteiger partial charge in [0.2, 0.25) is 5.91 Å². The third-order valence-corrected chi connectivity index (χ3v) is 5.41. The van der Waals surface area contributed by atoms with Crippen molar-refractivity contribution in [2.45, 2.75) is 23.9 Å². The number of aromatic nitrogens is 4. The maximum atomic E-state index is 14.8. The first-order valence-electron chi connectivity index (χ1n) is 9.45. The molecule has 1 N–H and O–H groups in total. The summed E-state index contributed by atoms with van der Waals surface area (Å²) < 4.78 is 21.6. The number of nitrogens with one attached hydrogen (secondary N) is 1. The van der Waals surface area contributed by atoms with Crippen molar-refractivity contribution in [2.75, 3.05) is 18.0 Å². The van der Waals surface area contributed by atoms with Crippen molar-refractivity contribution < 1.29 is 18.7 Å². The van der Waals surface area contributed by atoms with Crippen LogP contribution in [0.5, 0.6) is 0 Å². The van der Waals surface area contributed by atoms with Gasteiger partial charge in [0.05, 0.1) is 36.5 Å². The highest BCUT2D eigenvalue weighted by molar-refractivity contribution is 7.98. The van der Waals surface area contributed by atoms with Gasteiger partial charge in [-0.2, -0.15) is 0 Å². The van der Waals surface area contributed by atoms with Gasteiger partial charge >= 0.3 is 6.09 Å². The third kappa shape index (κ3) is 5.00. The molecule has 1 aliphatic rings. The van der Waals surface area contributed by atoms with E-state index in [9.17, 15) is 14.0 Å². The SMILES string of the molecule is CC(=O)NCC1CN(c2ccc(-n3cnc(CSc4ncccn4)c3)c(F)c2)C(=O)O1. The molecule has 160 valence electrons. The number of amides is 2. The average molecular weight is 442 g/mol. The van der Waals surface area contributed by atoms with Crippen molar-refractivity contribution in [1.82, 2.24) is 24.8 Å². The molecule has 1 aliphatic heterocycles. The van der Waals surface area contributed by atoms with Gasteiger partial charge < -0.3 is 14.6 Å². The van der Waals surface area contributed by atoms with Gasteiger partial charge in [-0.15, -0.1) is 0 Å². The van der Waals surface area contributed by atoms with Gasteiger partial charge in [0.25, 0.3) is 0 Å². The Morgan fingerprint density at radius 1 is 1.32 bits per heavy atom. The Hall–Kier alpha value is -3.47. The van der Waals surface area contributed by atoms with E-state index in [-0.39, 0.29) is 19.0 Å². The summed E-state index contributed by atoms with van der Waals surface area (Å²) in [4.78, 5) is 37.1. The van der Waals surface area contributed by atoms with Crippen LogP contribution in [0.3, 0.4) is 0 Å². The number of thioether (sulfide) groups is 1. The molecule has 0 bridgehead atoms. The first-order valence-corrected chi connectivity index (χ1v) is 10.4. The number of carbonyl (C=O) groups excluding carboxylic acids is 2. The number of rotatable bonds is 7. The second-order valence-electron chi connectivity index (χ2n) is 6.78. The summed E-state index contributed by atoms with van der Waals surface area (Å²) in [6.45, 7) is 1.83. The lowest BCUT2D eigenvalue weighted by atomic mass is 10.2. The molecule has 31 heavy (non-hydrogen) atoms. The van der Waals surface area contributed by atoms with Crippen LogP contribution in [-0.2, 0) is 15.3 Å². The van der Waals surface area contributed by atoms with E-state index in [1.165, 1.54) is 36.0 Å². The van der Waals surface area contributed by atoms with E-state index < -0.39 is 18.0 Å². The average Bonchev–Trinajstić information content (AvgIpc) is 3.38. The van der Waals surface area contributed by atoms with E-state index in [2.05, 4.69) is 20.3 Å². The molecule has 4 rings (SSSR count). The largest absolute Gasteiger partial charge is 0.442 e. The number of benzene rings is 1. The Bertz CT molecular complexity index is 1090. The van der Waals surface area contributed by atoms with Crippen LogP contribution in [0.15, 0.2) is 54.3 Å². The smallest absolute Gasteiger partial charge is 0.414 e. The Kier molecular flexibility index (Phi) is 6.12. The minimum Gasteiger partial charge on any atom is -0.442 e. The molecule has 9 nitrogen and oxygen atoms in total. The molecule has 3 aromatic rings. The zero-order valence-corrected chi connectivity index (χ0v) is 17.4. The van der Waals surface area contributed by atoms with Crippen LogP contribution in [0.25, 0.3) is 5.69 Å². The molecule has 11 heteroatoms. The molecule has 0 saturated carbocycles. The predicted octanol–water partition coefficient (Wildman–Crippen LogP) is 2.56. The molecule has 1 unspecified atom stereocenters. The Morgan fingerprint density at radius 2 is 2.13 bits per heavy atom. The highest BCUT2D eigenvalue weighted by atomic mass is 32.2. The quantitative estimate of drug-likeness (QED) is 0.443. The first kappa shape index (κ1) is 20.8. The molecule has 0 aliphatic carbocycles. The molecular weight excluding hydrogens is 423 g/mol. The fraction of sp³-hybridized carbons (Fsp3) is 0.250. The fourth-order valence-electron chi connectivity index (χ4n) is 3.04. The molecule has 1 atom stereocenters. The van der Waals surface area contributed by atoms with E-state index >= 15 is 0 Å². The van der Waals surface area contributed by atoms with Crippen molar-refractivity contribution >= 4 is 29.4 Å². The number of halogens is 1. The summed E-state index contributed by atoms with van der Waals surface area (Å²) in [7, 11) is 0. The zero-order chi connectivity index (χ0) is 21.8. The minimum absolute atomic E-state index is 0.209. The van der Waals surface area contributed by atoms with Gasteiger partial charge in [0, 0.05) is 31.3 Å². The third-order valence-electron chi connectivity index (χ3n) is 4.50. The number of ether oxygens (including phenoxy) is 1. The molecule has 1 fully saturated rings. The minimum atomic E-state index is -0.576. The maximum Gasteiger partial charge on any atom is 0.414 e. The van der Waals surface area contributed by atoms with Crippen molar-refractivity contribution in [3.8, 4) is 5.69 Å². The summed E-state index contributed by atoms with van der Waals surface area (Å²) in [6, 6.07) is 6.25. The van der Waals surface area contributed by atoms with E-state index in [4.69, 9.17) is 4.74 Å².